The van der Waals surface area contributed by atoms with Crippen LogP contribution in [0.1, 0.15) is 16.5 Å². The minimum Gasteiger partial charge on any atom is -0.315 e. The number of aromatic nitrogens is 3. The normalized spacial score (nSPS) is 10.9. The number of hydrogen-bond donors (Lipinski definition) is 1. The average Bonchev–Trinajstić information content (AvgIpc) is 2.85. The third-order valence-electron chi connectivity index (χ3n) is 1.80. The number of anilines is 1. The molecular formula is C10H10N4O2S. The van der Waals surface area contributed by atoms with Crippen molar-refractivity contribution in [3.63, 3.8) is 0 Å². The van der Waals surface area contributed by atoms with Crippen LogP contribution in [0.15, 0.2) is 16.0 Å². The molecule has 2 aromatic rings. The van der Waals surface area contributed by atoms with Gasteiger partial charge in [-0.15, -0.1) is 11.3 Å². The highest BCUT2D eigenvalue weighted by Gasteiger charge is 2.04. The van der Waals surface area contributed by atoms with Gasteiger partial charge < -0.3 is 4.52 Å². The second kappa shape index (κ2) is 4.88. The highest BCUT2D eigenvalue weighted by molar-refractivity contribution is 7.09. The summed E-state index contributed by atoms with van der Waals surface area (Å²) in [5, 5.41) is 8.83. The Balaban J connectivity index is 1.95. The largest absolute Gasteiger partial charge is 0.328 e. The first-order chi connectivity index (χ1) is 8.13. The molecule has 0 saturated carbocycles. The molecule has 1 N–H and O–H groups in total. The molecule has 1 amide bonds. The summed E-state index contributed by atoms with van der Waals surface area (Å²) in [5.74, 6) is 0.138. The highest BCUT2D eigenvalue weighted by atomic mass is 32.1. The van der Waals surface area contributed by atoms with Crippen molar-refractivity contribution in [3.05, 3.63) is 28.0 Å². The van der Waals surface area contributed by atoms with Gasteiger partial charge in [-0.1, -0.05) is 5.16 Å². The van der Waals surface area contributed by atoms with E-state index < -0.39 is 0 Å². The lowest BCUT2D eigenvalue weighted by molar-refractivity contribution is -0.112. The van der Waals surface area contributed by atoms with Crippen LogP contribution in [-0.4, -0.2) is 21.0 Å². The third-order valence-corrected chi connectivity index (χ3v) is 2.59. The van der Waals surface area contributed by atoms with Crippen molar-refractivity contribution in [1.29, 1.82) is 0 Å². The van der Waals surface area contributed by atoms with E-state index in [0.29, 0.717) is 5.82 Å². The summed E-state index contributed by atoms with van der Waals surface area (Å²) in [6.45, 7) is 3.58. The Morgan fingerprint density at radius 2 is 2.29 bits per heavy atom. The van der Waals surface area contributed by atoms with Gasteiger partial charge in [0.15, 0.2) is 5.82 Å². The van der Waals surface area contributed by atoms with E-state index in [-0.39, 0.29) is 11.9 Å². The summed E-state index contributed by atoms with van der Waals surface area (Å²) in [7, 11) is 0. The Morgan fingerprint density at radius 3 is 2.88 bits per heavy atom. The van der Waals surface area contributed by atoms with Gasteiger partial charge in [0.25, 0.3) is 5.91 Å². The fraction of sp³-hybridized carbons (Fsp3) is 0.200. The molecule has 0 fully saturated rings. The molecule has 7 heteroatoms. The van der Waals surface area contributed by atoms with Crippen molar-refractivity contribution < 1.29 is 9.32 Å². The number of carbonyl (C=O) groups is 1. The molecule has 2 heterocycles. The van der Waals surface area contributed by atoms with Gasteiger partial charge >= 0.3 is 6.01 Å². The van der Waals surface area contributed by atoms with E-state index in [1.807, 2.05) is 12.3 Å². The second-order valence-electron chi connectivity index (χ2n) is 3.26. The average molecular weight is 250 g/mol. The van der Waals surface area contributed by atoms with Crippen LogP contribution < -0.4 is 5.32 Å². The molecule has 0 bridgehead atoms. The van der Waals surface area contributed by atoms with E-state index in [9.17, 15) is 4.79 Å². The van der Waals surface area contributed by atoms with E-state index in [1.165, 1.54) is 17.4 Å². The number of nitrogens with one attached hydrogen (secondary N) is 1. The van der Waals surface area contributed by atoms with Gasteiger partial charge in [-0.3, -0.25) is 10.1 Å². The minimum atomic E-state index is -0.334. The van der Waals surface area contributed by atoms with Gasteiger partial charge in [-0.05, 0) is 19.9 Å². The molecule has 2 rings (SSSR count). The summed E-state index contributed by atoms with van der Waals surface area (Å²) in [4.78, 5) is 19.5. The number of amides is 1. The standard InChI is InChI=1S/C10H10N4O2S/c1-6-11-10(16-14-6)13-9(15)4-3-8-5-17-7(2)12-8/h3-5H,1-2H3,(H,11,13,14,15). The molecule has 0 aliphatic heterocycles. The SMILES string of the molecule is Cc1noc(NC(=O)C=Cc2csc(C)n2)n1. The van der Waals surface area contributed by atoms with Gasteiger partial charge in [-0.25, -0.2) is 4.98 Å². The molecule has 0 aliphatic carbocycles. The smallest absolute Gasteiger partial charge is 0.315 e. The summed E-state index contributed by atoms with van der Waals surface area (Å²) in [6, 6.07) is 0.0895. The van der Waals surface area contributed by atoms with Crippen LogP contribution in [0.4, 0.5) is 6.01 Å². The quantitative estimate of drug-likeness (QED) is 0.840. The predicted octanol–water partition coefficient (Wildman–Crippen LogP) is 1.79. The minimum absolute atomic E-state index is 0.0895. The summed E-state index contributed by atoms with van der Waals surface area (Å²) < 4.78 is 4.75. The molecule has 0 aromatic carbocycles. The Bertz CT molecular complexity index is 558. The van der Waals surface area contributed by atoms with Crippen LogP contribution in [0.2, 0.25) is 0 Å². The lowest BCUT2D eigenvalue weighted by Crippen LogP contribution is -2.07. The molecule has 0 atom stereocenters. The van der Waals surface area contributed by atoms with Crippen LogP contribution in [-0.2, 0) is 4.79 Å². The Hall–Kier alpha value is -2.02. The Kier molecular flexibility index (Phi) is 3.29. The summed E-state index contributed by atoms with van der Waals surface area (Å²) >= 11 is 1.53. The first-order valence-corrected chi connectivity index (χ1v) is 5.73. The third kappa shape index (κ3) is 3.22. The summed E-state index contributed by atoms with van der Waals surface area (Å²) in [6.07, 6.45) is 3.00. The Labute approximate surface area is 101 Å². The van der Waals surface area contributed by atoms with Crippen molar-refractivity contribution in [1.82, 2.24) is 15.1 Å². The van der Waals surface area contributed by atoms with Gasteiger partial charge in [0.05, 0.1) is 10.7 Å². The molecule has 2 aromatic heterocycles. The topological polar surface area (TPSA) is 80.9 Å². The van der Waals surface area contributed by atoms with Crippen LogP contribution in [0.5, 0.6) is 0 Å². The van der Waals surface area contributed by atoms with E-state index in [2.05, 4.69) is 20.4 Å². The maximum atomic E-state index is 11.5. The highest BCUT2D eigenvalue weighted by Crippen LogP contribution is 2.09. The molecule has 0 saturated heterocycles. The van der Waals surface area contributed by atoms with Crippen LogP contribution in [0.25, 0.3) is 6.08 Å². The zero-order chi connectivity index (χ0) is 12.3. The zero-order valence-electron chi connectivity index (χ0n) is 9.30. The molecule has 0 radical (unpaired) electrons. The summed E-state index contributed by atoms with van der Waals surface area (Å²) in [5.41, 5.74) is 0.754. The fourth-order valence-electron chi connectivity index (χ4n) is 1.11. The van der Waals surface area contributed by atoms with Crippen LogP contribution in [0.3, 0.4) is 0 Å². The number of thiazole rings is 1. The number of nitrogens with zero attached hydrogens (tertiary/aromatic N) is 3. The van der Waals surface area contributed by atoms with Gasteiger partial charge in [0.1, 0.15) is 0 Å². The van der Waals surface area contributed by atoms with E-state index in [4.69, 9.17) is 4.52 Å². The molecular weight excluding hydrogens is 240 g/mol. The number of hydrogen-bond acceptors (Lipinski definition) is 6. The zero-order valence-corrected chi connectivity index (χ0v) is 10.1. The molecule has 0 spiro atoms. The monoisotopic (exact) mass is 250 g/mol. The van der Waals surface area contributed by atoms with Crippen molar-refractivity contribution in [2.24, 2.45) is 0 Å². The molecule has 0 aliphatic rings. The molecule has 6 nitrogen and oxygen atoms in total. The molecule has 17 heavy (non-hydrogen) atoms. The number of carbonyl (C=O) groups excluding carboxylic acids is 1. The van der Waals surface area contributed by atoms with Crippen molar-refractivity contribution in [2.75, 3.05) is 5.32 Å². The lowest BCUT2D eigenvalue weighted by Gasteiger charge is -1.91. The fourth-order valence-corrected chi connectivity index (χ4v) is 1.69. The first-order valence-electron chi connectivity index (χ1n) is 4.85. The maximum Gasteiger partial charge on any atom is 0.328 e. The van der Waals surface area contributed by atoms with Crippen molar-refractivity contribution >= 4 is 29.3 Å². The molecule has 88 valence electrons. The Morgan fingerprint density at radius 1 is 1.47 bits per heavy atom. The maximum absolute atomic E-state index is 11.5. The number of aryl methyl sites for hydroxylation is 2. The van der Waals surface area contributed by atoms with Crippen LogP contribution >= 0.6 is 11.3 Å². The van der Waals surface area contributed by atoms with E-state index in [1.54, 1.807) is 13.0 Å². The van der Waals surface area contributed by atoms with Gasteiger partial charge in [0, 0.05) is 11.5 Å². The number of rotatable bonds is 3. The van der Waals surface area contributed by atoms with Gasteiger partial charge in [0.2, 0.25) is 0 Å². The predicted molar refractivity (Wildman–Crippen MR) is 63.5 cm³/mol. The van der Waals surface area contributed by atoms with E-state index >= 15 is 0 Å². The molecule has 0 unspecified atom stereocenters. The van der Waals surface area contributed by atoms with Crippen molar-refractivity contribution in [3.8, 4) is 0 Å². The van der Waals surface area contributed by atoms with Crippen molar-refractivity contribution in [2.45, 2.75) is 13.8 Å². The van der Waals surface area contributed by atoms with Crippen LogP contribution in [0, 0.1) is 13.8 Å². The first kappa shape index (κ1) is 11.5. The second-order valence-corrected chi connectivity index (χ2v) is 4.32. The van der Waals surface area contributed by atoms with E-state index in [0.717, 1.165) is 10.7 Å². The van der Waals surface area contributed by atoms with Gasteiger partial charge in [-0.2, -0.15) is 4.98 Å². The lowest BCUT2D eigenvalue weighted by atomic mass is 10.4.